The number of halogens is 1. The van der Waals surface area contributed by atoms with Gasteiger partial charge in [0.15, 0.2) is 0 Å². The molecule has 2 unspecified atom stereocenters. The minimum absolute atomic E-state index is 0.0829. The van der Waals surface area contributed by atoms with E-state index in [9.17, 15) is 14.7 Å². The van der Waals surface area contributed by atoms with E-state index in [1.807, 2.05) is 0 Å². The number of aliphatic carboxylic acids is 1. The Bertz CT molecular complexity index is 576. The smallest absolute Gasteiger partial charge is 0.313 e. The van der Waals surface area contributed by atoms with Crippen molar-refractivity contribution in [2.75, 3.05) is 20.3 Å². The molecule has 0 radical (unpaired) electrons. The zero-order valence-corrected chi connectivity index (χ0v) is 13.3. The number of benzene rings is 1. The summed E-state index contributed by atoms with van der Waals surface area (Å²) in [5, 5.41) is 12.0. The van der Waals surface area contributed by atoms with Crippen molar-refractivity contribution in [3.63, 3.8) is 0 Å². The zero-order chi connectivity index (χ0) is 15.6. The molecule has 2 rings (SSSR count). The van der Waals surface area contributed by atoms with Crippen molar-refractivity contribution >= 4 is 27.8 Å². The number of nitrogens with one attached hydrogen (secondary N) is 1. The third-order valence-electron chi connectivity index (χ3n) is 3.66. The molecule has 2 N–H and O–H groups in total. The molecule has 0 saturated carbocycles. The number of methoxy groups -OCH3 is 1. The number of rotatable bonds is 4. The molecule has 1 aliphatic heterocycles. The molecular weight excluding hydrogens is 342 g/mol. The second-order valence-electron chi connectivity index (χ2n) is 5.11. The van der Waals surface area contributed by atoms with Gasteiger partial charge in [-0.05, 0) is 41.1 Å². The highest BCUT2D eigenvalue weighted by Crippen LogP contribution is 2.30. The molecule has 0 aromatic heterocycles. The van der Waals surface area contributed by atoms with Crippen molar-refractivity contribution in [2.45, 2.75) is 13.0 Å². The van der Waals surface area contributed by atoms with E-state index >= 15 is 0 Å². The van der Waals surface area contributed by atoms with Crippen LogP contribution < -0.4 is 10.1 Å². The first-order valence-electron chi connectivity index (χ1n) is 6.34. The molecule has 1 fully saturated rings. The van der Waals surface area contributed by atoms with E-state index in [2.05, 4.69) is 21.2 Å². The largest absolute Gasteiger partial charge is 0.496 e. The summed E-state index contributed by atoms with van der Waals surface area (Å²) >= 11 is 3.31. The van der Waals surface area contributed by atoms with Gasteiger partial charge in [-0.1, -0.05) is 0 Å². The molecule has 0 bridgehead atoms. The first-order valence-corrected chi connectivity index (χ1v) is 7.13. The van der Waals surface area contributed by atoms with Gasteiger partial charge in [0, 0.05) is 5.56 Å². The van der Waals surface area contributed by atoms with Crippen molar-refractivity contribution in [3.8, 4) is 5.75 Å². The second-order valence-corrected chi connectivity index (χ2v) is 5.97. The van der Waals surface area contributed by atoms with Gasteiger partial charge in [-0.15, -0.1) is 0 Å². The van der Waals surface area contributed by atoms with E-state index in [4.69, 9.17) is 9.47 Å². The molecule has 7 heteroatoms. The number of amides is 1. The Labute approximate surface area is 130 Å². The summed E-state index contributed by atoms with van der Waals surface area (Å²) in [7, 11) is 1.54. The van der Waals surface area contributed by atoms with Crippen LogP contribution in [0.5, 0.6) is 5.75 Å². The summed E-state index contributed by atoms with van der Waals surface area (Å²) in [6.07, 6.45) is 0. The Morgan fingerprint density at radius 2 is 2.24 bits per heavy atom. The first kappa shape index (κ1) is 15.8. The van der Waals surface area contributed by atoms with Gasteiger partial charge < -0.3 is 19.9 Å². The fourth-order valence-corrected chi connectivity index (χ4v) is 2.67. The van der Waals surface area contributed by atoms with Crippen LogP contribution in [0.1, 0.15) is 17.3 Å². The molecule has 1 aromatic rings. The lowest BCUT2D eigenvalue weighted by Gasteiger charge is -2.25. The van der Waals surface area contributed by atoms with Gasteiger partial charge in [-0.3, -0.25) is 9.59 Å². The molecule has 21 heavy (non-hydrogen) atoms. The Kier molecular flexibility index (Phi) is 4.53. The molecule has 1 saturated heterocycles. The molecule has 1 heterocycles. The third-order valence-corrected chi connectivity index (χ3v) is 4.28. The van der Waals surface area contributed by atoms with Crippen LogP contribution >= 0.6 is 15.9 Å². The maximum absolute atomic E-state index is 12.2. The maximum atomic E-state index is 12.2. The fraction of sp³-hybridized carbons (Fsp3) is 0.429. The summed E-state index contributed by atoms with van der Waals surface area (Å²) in [5.41, 5.74) is -0.693. The van der Waals surface area contributed by atoms with Gasteiger partial charge in [0.1, 0.15) is 11.2 Å². The van der Waals surface area contributed by atoms with Gasteiger partial charge in [0.05, 0.1) is 30.8 Å². The Morgan fingerprint density at radius 3 is 2.81 bits per heavy atom. The van der Waals surface area contributed by atoms with Crippen molar-refractivity contribution in [1.82, 2.24) is 5.32 Å². The molecule has 6 nitrogen and oxygen atoms in total. The molecular formula is C14H16BrNO5. The van der Waals surface area contributed by atoms with Crippen molar-refractivity contribution in [1.29, 1.82) is 0 Å². The topological polar surface area (TPSA) is 84.9 Å². The van der Waals surface area contributed by atoms with Crippen LogP contribution in [0.15, 0.2) is 22.7 Å². The Morgan fingerprint density at radius 1 is 1.52 bits per heavy atom. The van der Waals surface area contributed by atoms with E-state index in [0.717, 1.165) is 0 Å². The zero-order valence-electron chi connectivity index (χ0n) is 11.7. The van der Waals surface area contributed by atoms with Gasteiger partial charge in [-0.2, -0.15) is 0 Å². The van der Waals surface area contributed by atoms with Gasteiger partial charge in [0.25, 0.3) is 5.91 Å². The van der Waals surface area contributed by atoms with Crippen molar-refractivity contribution < 1.29 is 24.2 Å². The van der Waals surface area contributed by atoms with E-state index < -0.39 is 17.4 Å². The highest BCUT2D eigenvalue weighted by molar-refractivity contribution is 9.10. The molecule has 1 amide bonds. The highest BCUT2D eigenvalue weighted by Gasteiger charge is 2.47. The number of carboxylic acids is 1. The predicted octanol–water partition coefficient (Wildman–Crippen LogP) is 1.68. The molecule has 114 valence electrons. The van der Waals surface area contributed by atoms with Crippen molar-refractivity contribution in [2.24, 2.45) is 5.41 Å². The monoisotopic (exact) mass is 357 g/mol. The number of carbonyl (C=O) groups excluding carboxylic acids is 1. The number of carboxylic acid groups (broad SMARTS) is 1. The van der Waals surface area contributed by atoms with Gasteiger partial charge in [-0.25, -0.2) is 0 Å². The number of carbonyl (C=O) groups is 2. The quantitative estimate of drug-likeness (QED) is 0.856. The average Bonchev–Trinajstić information content (AvgIpc) is 2.81. The molecule has 0 aliphatic carbocycles. The number of hydrogen-bond donors (Lipinski definition) is 2. The molecule has 1 aromatic carbocycles. The summed E-state index contributed by atoms with van der Waals surface area (Å²) in [6.45, 7) is 1.84. The van der Waals surface area contributed by atoms with Gasteiger partial charge in [0.2, 0.25) is 0 Å². The standard InChI is InChI=1S/C14H16BrNO5/c1-14(13(18)19)7-21-6-11(14)16-12(17)8-3-4-10(20-2)9(15)5-8/h3-5,11H,6-7H2,1-2H3,(H,16,17)(H,18,19). The van der Waals surface area contributed by atoms with E-state index in [1.165, 1.54) is 7.11 Å². The van der Waals surface area contributed by atoms with Crippen LogP contribution in [0.25, 0.3) is 0 Å². The van der Waals surface area contributed by atoms with Crippen LogP contribution in [-0.2, 0) is 9.53 Å². The van der Waals surface area contributed by atoms with E-state index in [-0.39, 0.29) is 19.1 Å². The number of ether oxygens (including phenoxy) is 2. The lowest BCUT2D eigenvalue weighted by molar-refractivity contribution is -0.148. The first-order chi connectivity index (χ1) is 9.88. The summed E-state index contributed by atoms with van der Waals surface area (Å²) < 4.78 is 11.0. The fourth-order valence-electron chi connectivity index (χ4n) is 2.13. The summed E-state index contributed by atoms with van der Waals surface area (Å²) in [4.78, 5) is 23.6. The summed E-state index contributed by atoms with van der Waals surface area (Å²) in [6, 6.07) is 4.35. The predicted molar refractivity (Wildman–Crippen MR) is 78.5 cm³/mol. The molecule has 0 spiro atoms. The minimum Gasteiger partial charge on any atom is -0.496 e. The van der Waals surface area contributed by atoms with Crippen LogP contribution in [0.4, 0.5) is 0 Å². The van der Waals surface area contributed by atoms with E-state index in [1.54, 1.807) is 25.1 Å². The lowest BCUT2D eigenvalue weighted by atomic mass is 9.85. The van der Waals surface area contributed by atoms with Crippen LogP contribution in [0.2, 0.25) is 0 Å². The van der Waals surface area contributed by atoms with E-state index in [0.29, 0.717) is 15.8 Å². The maximum Gasteiger partial charge on any atom is 0.313 e. The van der Waals surface area contributed by atoms with Crippen LogP contribution in [0, 0.1) is 5.41 Å². The van der Waals surface area contributed by atoms with Crippen molar-refractivity contribution in [3.05, 3.63) is 28.2 Å². The Balaban J connectivity index is 2.15. The van der Waals surface area contributed by atoms with Gasteiger partial charge >= 0.3 is 5.97 Å². The average molecular weight is 358 g/mol. The normalized spacial score (nSPS) is 24.6. The van der Waals surface area contributed by atoms with Crippen LogP contribution in [0.3, 0.4) is 0 Å². The molecule has 1 aliphatic rings. The third kappa shape index (κ3) is 3.03. The number of hydrogen-bond acceptors (Lipinski definition) is 4. The van der Waals surface area contributed by atoms with Crippen LogP contribution in [-0.4, -0.2) is 43.3 Å². The Hall–Kier alpha value is -1.60. The highest BCUT2D eigenvalue weighted by atomic mass is 79.9. The second kappa shape index (κ2) is 6.03. The minimum atomic E-state index is -1.11. The lowest BCUT2D eigenvalue weighted by Crippen LogP contribution is -2.49. The molecule has 2 atom stereocenters. The summed E-state index contributed by atoms with van der Waals surface area (Å²) in [5.74, 6) is -0.714. The SMILES string of the molecule is COc1ccc(C(=O)NC2COCC2(C)C(=O)O)cc1Br.